The lowest BCUT2D eigenvalue weighted by atomic mass is 9.87. The summed E-state index contributed by atoms with van der Waals surface area (Å²) in [6.07, 6.45) is 16.7. The fourth-order valence-electron chi connectivity index (χ4n) is 4.75. The molecule has 0 bridgehead atoms. The fourth-order valence-corrected chi connectivity index (χ4v) is 4.75. The van der Waals surface area contributed by atoms with E-state index in [2.05, 4.69) is 32.9 Å². The predicted octanol–water partition coefficient (Wildman–Crippen LogP) is 8.96. The van der Waals surface area contributed by atoms with Crippen molar-refractivity contribution >= 4 is 11.9 Å². The third kappa shape index (κ3) is 10.9. The van der Waals surface area contributed by atoms with Gasteiger partial charge in [0.05, 0.1) is 17.7 Å². The number of carbonyl (C=O) groups excluding carboxylic acids is 2. The topological polar surface area (TPSA) is 61.8 Å². The Bertz CT molecular complexity index is 1020. The first kappa shape index (κ1) is 30.5. The molecule has 0 aliphatic heterocycles. The van der Waals surface area contributed by atoms with Gasteiger partial charge in [0.15, 0.2) is 0 Å². The largest absolute Gasteiger partial charge is 0.494 e. The van der Waals surface area contributed by atoms with Crippen LogP contribution in [-0.2, 0) is 4.74 Å². The first-order chi connectivity index (χ1) is 19.0. The van der Waals surface area contributed by atoms with Crippen molar-refractivity contribution in [3.63, 3.8) is 0 Å². The molecular weight excluding hydrogens is 488 g/mol. The lowest BCUT2D eigenvalue weighted by molar-refractivity contribution is 0.0184. The van der Waals surface area contributed by atoms with Crippen molar-refractivity contribution < 1.29 is 23.8 Å². The molecule has 1 aliphatic carbocycles. The molecule has 0 aromatic heterocycles. The van der Waals surface area contributed by atoms with Crippen LogP contribution in [0, 0.1) is 11.8 Å². The number of rotatable bonds is 15. The van der Waals surface area contributed by atoms with E-state index in [1.807, 2.05) is 0 Å². The van der Waals surface area contributed by atoms with Crippen LogP contribution in [0.3, 0.4) is 0 Å². The molecule has 0 radical (unpaired) electrons. The van der Waals surface area contributed by atoms with E-state index < -0.39 is 5.97 Å². The summed E-state index contributed by atoms with van der Waals surface area (Å²) >= 11 is 0. The molecule has 5 heteroatoms. The van der Waals surface area contributed by atoms with Crippen LogP contribution in [0.5, 0.6) is 11.5 Å². The van der Waals surface area contributed by atoms with Gasteiger partial charge in [-0.15, -0.1) is 0 Å². The van der Waals surface area contributed by atoms with E-state index >= 15 is 0 Å². The van der Waals surface area contributed by atoms with Crippen LogP contribution in [0.25, 0.3) is 0 Å². The summed E-state index contributed by atoms with van der Waals surface area (Å²) in [6.45, 7) is 7.40. The molecule has 0 heterocycles. The molecule has 2 aromatic carbocycles. The quantitative estimate of drug-likeness (QED) is 0.0987. The van der Waals surface area contributed by atoms with E-state index in [4.69, 9.17) is 14.2 Å². The second kappa shape index (κ2) is 16.8. The molecule has 3 rings (SSSR count). The van der Waals surface area contributed by atoms with Crippen molar-refractivity contribution in [1.82, 2.24) is 0 Å². The molecule has 0 amide bonds. The Hall–Kier alpha value is -3.08. The highest BCUT2D eigenvalue weighted by Gasteiger charge is 2.23. The summed E-state index contributed by atoms with van der Waals surface area (Å²) in [4.78, 5) is 25.2. The zero-order valence-corrected chi connectivity index (χ0v) is 24.0. The van der Waals surface area contributed by atoms with Gasteiger partial charge in [0, 0.05) is 0 Å². The minimum absolute atomic E-state index is 0.0348. The van der Waals surface area contributed by atoms with E-state index in [9.17, 15) is 9.59 Å². The molecule has 5 nitrogen and oxygen atoms in total. The van der Waals surface area contributed by atoms with Gasteiger partial charge in [-0.2, -0.15) is 0 Å². The van der Waals surface area contributed by atoms with Crippen LogP contribution in [-0.4, -0.2) is 24.6 Å². The van der Waals surface area contributed by atoms with Gasteiger partial charge in [0.1, 0.15) is 17.6 Å². The highest BCUT2D eigenvalue weighted by Crippen LogP contribution is 2.28. The van der Waals surface area contributed by atoms with Gasteiger partial charge in [0.2, 0.25) is 0 Å². The lowest BCUT2D eigenvalue weighted by Gasteiger charge is -2.26. The van der Waals surface area contributed by atoms with E-state index in [1.165, 1.54) is 32.1 Å². The van der Waals surface area contributed by atoms with Gasteiger partial charge in [-0.3, -0.25) is 0 Å². The Morgan fingerprint density at radius 3 is 2.13 bits per heavy atom. The maximum absolute atomic E-state index is 12.6. The number of ether oxygens (including phenoxy) is 3. The third-order valence-electron chi connectivity index (χ3n) is 7.55. The van der Waals surface area contributed by atoms with Gasteiger partial charge >= 0.3 is 11.9 Å². The molecule has 0 N–H and O–H groups in total. The van der Waals surface area contributed by atoms with Gasteiger partial charge in [-0.05, 0) is 98.9 Å². The van der Waals surface area contributed by atoms with Gasteiger partial charge < -0.3 is 14.2 Å². The normalized spacial score (nSPS) is 18.0. The summed E-state index contributed by atoms with van der Waals surface area (Å²) < 4.78 is 17.0. The number of benzene rings is 2. The minimum atomic E-state index is -0.452. The Balaban J connectivity index is 1.38. The number of carbonyl (C=O) groups is 2. The van der Waals surface area contributed by atoms with Crippen molar-refractivity contribution in [2.45, 2.75) is 97.5 Å². The molecule has 39 heavy (non-hydrogen) atoms. The smallest absolute Gasteiger partial charge is 0.343 e. The zero-order chi connectivity index (χ0) is 27.9. The Morgan fingerprint density at radius 2 is 1.49 bits per heavy atom. The van der Waals surface area contributed by atoms with E-state index in [0.29, 0.717) is 29.4 Å². The van der Waals surface area contributed by atoms with Crippen molar-refractivity contribution in [2.24, 2.45) is 11.8 Å². The fraction of sp³-hybridized carbons (Fsp3) is 0.529. The number of hydrogen-bond donors (Lipinski definition) is 0. The van der Waals surface area contributed by atoms with E-state index in [-0.39, 0.29) is 12.1 Å². The number of allylic oxidation sites excluding steroid dienone is 2. The van der Waals surface area contributed by atoms with Crippen LogP contribution in [0.15, 0.2) is 60.7 Å². The van der Waals surface area contributed by atoms with Gasteiger partial charge in [-0.1, -0.05) is 65.0 Å². The SMILES string of the molecule is CCCC=CC1CCC(OC(=O)c2ccc(OC(=O)c3ccc(OCCCCC[C@@H](C)CC)cc3)cc2)CC1. The molecule has 1 atom stereocenters. The van der Waals surface area contributed by atoms with Crippen molar-refractivity contribution in [3.8, 4) is 11.5 Å². The molecule has 0 spiro atoms. The van der Waals surface area contributed by atoms with Gasteiger partial charge in [-0.25, -0.2) is 9.59 Å². The van der Waals surface area contributed by atoms with Crippen LogP contribution in [0.4, 0.5) is 0 Å². The minimum Gasteiger partial charge on any atom is -0.494 e. The monoisotopic (exact) mass is 534 g/mol. The second-order valence-electron chi connectivity index (χ2n) is 10.8. The average molecular weight is 535 g/mol. The van der Waals surface area contributed by atoms with Crippen LogP contribution >= 0.6 is 0 Å². The second-order valence-corrected chi connectivity index (χ2v) is 10.8. The number of hydrogen-bond acceptors (Lipinski definition) is 5. The van der Waals surface area contributed by atoms with Crippen molar-refractivity contribution in [1.29, 1.82) is 0 Å². The number of unbranched alkanes of at least 4 members (excludes halogenated alkanes) is 3. The first-order valence-electron chi connectivity index (χ1n) is 14.9. The average Bonchev–Trinajstić information content (AvgIpc) is 2.96. The molecule has 1 aliphatic rings. The summed E-state index contributed by atoms with van der Waals surface area (Å²) in [5.74, 6) is 1.74. The highest BCUT2D eigenvalue weighted by atomic mass is 16.5. The molecule has 212 valence electrons. The van der Waals surface area contributed by atoms with Crippen molar-refractivity contribution in [3.05, 3.63) is 71.8 Å². The molecular formula is C34H46O5. The van der Waals surface area contributed by atoms with Gasteiger partial charge in [0.25, 0.3) is 0 Å². The van der Waals surface area contributed by atoms with Crippen LogP contribution in [0.2, 0.25) is 0 Å². The highest BCUT2D eigenvalue weighted by molar-refractivity contribution is 5.92. The van der Waals surface area contributed by atoms with E-state index in [1.54, 1.807) is 48.5 Å². The standard InChI is InChI=1S/C34H46O5/c1-4-6-8-12-27-13-19-31(20-14-27)38-34(36)29-17-23-32(24-18-29)39-33(35)28-15-21-30(22-16-28)37-25-10-7-9-11-26(3)5-2/h8,12,15-18,21-24,26-27,31H,4-7,9-11,13-14,19-20,25H2,1-3H3/t26-,27?,31?/m0/s1. The number of esters is 2. The first-order valence-corrected chi connectivity index (χ1v) is 14.9. The van der Waals surface area contributed by atoms with E-state index in [0.717, 1.165) is 50.2 Å². The zero-order valence-electron chi connectivity index (χ0n) is 24.0. The predicted molar refractivity (Wildman–Crippen MR) is 156 cm³/mol. The van der Waals surface area contributed by atoms with Crippen LogP contribution < -0.4 is 9.47 Å². The summed E-state index contributed by atoms with van der Waals surface area (Å²) in [5.41, 5.74) is 0.903. The lowest BCUT2D eigenvalue weighted by Crippen LogP contribution is -2.24. The molecule has 1 saturated carbocycles. The summed E-state index contributed by atoms with van der Waals surface area (Å²) in [5, 5.41) is 0. The van der Waals surface area contributed by atoms with Crippen molar-refractivity contribution in [2.75, 3.05) is 6.61 Å². The maximum atomic E-state index is 12.6. The molecule has 2 aromatic rings. The molecule has 0 saturated heterocycles. The maximum Gasteiger partial charge on any atom is 0.343 e. The Morgan fingerprint density at radius 1 is 0.846 bits per heavy atom. The summed E-state index contributed by atoms with van der Waals surface area (Å²) in [6, 6.07) is 13.5. The molecule has 0 unspecified atom stereocenters. The van der Waals surface area contributed by atoms with Crippen LogP contribution in [0.1, 0.15) is 112 Å². The summed E-state index contributed by atoms with van der Waals surface area (Å²) in [7, 11) is 0. The third-order valence-corrected chi connectivity index (χ3v) is 7.55. The molecule has 1 fully saturated rings. The Labute approximate surface area is 234 Å². The Kier molecular flexibility index (Phi) is 13.1.